The highest BCUT2D eigenvalue weighted by atomic mass is 16.3. The lowest BCUT2D eigenvalue weighted by atomic mass is 9.96. The third-order valence-corrected chi connectivity index (χ3v) is 4.37. The minimum Gasteiger partial charge on any atom is -0.394 e. The zero-order chi connectivity index (χ0) is 15.4. The number of carbonyl (C=O) groups excluding carboxylic acids is 1. The van der Waals surface area contributed by atoms with Gasteiger partial charge < -0.3 is 10.4 Å². The number of hydrogen-bond acceptors (Lipinski definition) is 2. The van der Waals surface area contributed by atoms with E-state index in [0.717, 1.165) is 12.0 Å². The molecule has 3 nitrogen and oxygen atoms in total. The molecule has 0 heterocycles. The summed E-state index contributed by atoms with van der Waals surface area (Å²) in [6.45, 7) is -0.0290. The van der Waals surface area contributed by atoms with Gasteiger partial charge in [-0.2, -0.15) is 0 Å². The highest BCUT2D eigenvalue weighted by Gasteiger charge is 2.37. The highest BCUT2D eigenvalue weighted by Crippen LogP contribution is 2.29. The lowest BCUT2D eigenvalue weighted by Crippen LogP contribution is -2.52. The Morgan fingerprint density at radius 2 is 1.59 bits per heavy atom. The Kier molecular flexibility index (Phi) is 4.25. The topological polar surface area (TPSA) is 49.3 Å². The molecule has 0 radical (unpaired) electrons. The van der Waals surface area contributed by atoms with Gasteiger partial charge in [0, 0.05) is 6.42 Å². The van der Waals surface area contributed by atoms with Crippen molar-refractivity contribution in [2.24, 2.45) is 0 Å². The smallest absolute Gasteiger partial charge is 0.220 e. The summed E-state index contributed by atoms with van der Waals surface area (Å²) in [6.07, 6.45) is 2.58. The van der Waals surface area contributed by atoms with E-state index in [4.69, 9.17) is 0 Å². The van der Waals surface area contributed by atoms with Gasteiger partial charge in [0.05, 0.1) is 12.1 Å². The van der Waals surface area contributed by atoms with E-state index in [2.05, 4.69) is 17.4 Å². The molecule has 0 unspecified atom stereocenters. The summed E-state index contributed by atoms with van der Waals surface area (Å²) in [5, 5.41) is 12.9. The van der Waals surface area contributed by atoms with Crippen LogP contribution in [-0.4, -0.2) is 23.2 Å². The van der Waals surface area contributed by atoms with Crippen LogP contribution in [0.4, 0.5) is 0 Å². The van der Waals surface area contributed by atoms with Gasteiger partial charge in [0.25, 0.3) is 0 Å². The Morgan fingerprint density at radius 3 is 2.18 bits per heavy atom. The van der Waals surface area contributed by atoms with Crippen LogP contribution in [0.25, 0.3) is 0 Å². The Labute approximate surface area is 131 Å². The van der Waals surface area contributed by atoms with E-state index in [-0.39, 0.29) is 12.5 Å². The first-order chi connectivity index (χ1) is 10.7. The summed E-state index contributed by atoms with van der Waals surface area (Å²) in [6, 6.07) is 18.1. The molecule has 2 aromatic carbocycles. The first kappa shape index (κ1) is 14.8. The van der Waals surface area contributed by atoms with Crippen LogP contribution in [-0.2, 0) is 24.1 Å². The predicted octanol–water partition coefficient (Wildman–Crippen LogP) is 2.27. The molecule has 114 valence electrons. The Morgan fingerprint density at radius 1 is 1.00 bits per heavy atom. The normalized spacial score (nSPS) is 15.3. The summed E-state index contributed by atoms with van der Waals surface area (Å²) in [7, 11) is 0. The van der Waals surface area contributed by atoms with Crippen molar-refractivity contribution in [3.05, 3.63) is 71.3 Å². The second-order valence-electron chi connectivity index (χ2n) is 6.09. The summed E-state index contributed by atoms with van der Waals surface area (Å²) in [5.74, 6) is 0.00529. The van der Waals surface area contributed by atoms with Crippen molar-refractivity contribution in [3.8, 4) is 0 Å². The zero-order valence-electron chi connectivity index (χ0n) is 12.6. The molecule has 0 aromatic heterocycles. The molecule has 0 atom stereocenters. The number of benzene rings is 2. The molecule has 22 heavy (non-hydrogen) atoms. The molecule has 0 bridgehead atoms. The van der Waals surface area contributed by atoms with E-state index in [1.165, 1.54) is 11.1 Å². The lowest BCUT2D eigenvalue weighted by molar-refractivity contribution is -0.123. The van der Waals surface area contributed by atoms with Crippen LogP contribution in [0.3, 0.4) is 0 Å². The maximum absolute atomic E-state index is 12.3. The van der Waals surface area contributed by atoms with E-state index in [1.807, 2.05) is 42.5 Å². The largest absolute Gasteiger partial charge is 0.394 e. The monoisotopic (exact) mass is 295 g/mol. The molecule has 2 aromatic rings. The van der Waals surface area contributed by atoms with Crippen molar-refractivity contribution < 1.29 is 9.90 Å². The van der Waals surface area contributed by atoms with Crippen molar-refractivity contribution in [2.45, 2.75) is 31.2 Å². The minimum atomic E-state index is -0.530. The second-order valence-corrected chi connectivity index (χ2v) is 6.09. The average molecular weight is 295 g/mol. The van der Waals surface area contributed by atoms with Crippen molar-refractivity contribution in [3.63, 3.8) is 0 Å². The van der Waals surface area contributed by atoms with Gasteiger partial charge in [-0.15, -0.1) is 0 Å². The van der Waals surface area contributed by atoms with E-state index >= 15 is 0 Å². The lowest BCUT2D eigenvalue weighted by Gasteiger charge is -2.28. The van der Waals surface area contributed by atoms with Crippen LogP contribution in [0, 0.1) is 0 Å². The standard InChI is InChI=1S/C19H21NO2/c21-14-19(12-16-8-4-5-9-17(16)13-19)20-18(22)11-10-15-6-2-1-3-7-15/h1-9,21H,10-14H2,(H,20,22). The number of nitrogens with one attached hydrogen (secondary N) is 1. The first-order valence-electron chi connectivity index (χ1n) is 7.73. The molecular formula is C19H21NO2. The van der Waals surface area contributed by atoms with Crippen LogP contribution >= 0.6 is 0 Å². The minimum absolute atomic E-state index is 0.00529. The number of rotatable bonds is 5. The van der Waals surface area contributed by atoms with Crippen molar-refractivity contribution in [1.82, 2.24) is 5.32 Å². The summed E-state index contributed by atoms with van der Waals surface area (Å²) >= 11 is 0. The van der Waals surface area contributed by atoms with Crippen LogP contribution in [0.15, 0.2) is 54.6 Å². The molecule has 0 aliphatic heterocycles. The van der Waals surface area contributed by atoms with E-state index in [9.17, 15) is 9.90 Å². The molecule has 3 rings (SSSR count). The molecular weight excluding hydrogens is 274 g/mol. The quantitative estimate of drug-likeness (QED) is 0.889. The number of fused-ring (bicyclic) bond motifs is 1. The van der Waals surface area contributed by atoms with E-state index in [1.54, 1.807) is 0 Å². The zero-order valence-corrected chi connectivity index (χ0v) is 12.6. The fourth-order valence-electron chi connectivity index (χ4n) is 3.19. The Hall–Kier alpha value is -2.13. The molecule has 2 N–H and O–H groups in total. The predicted molar refractivity (Wildman–Crippen MR) is 86.6 cm³/mol. The van der Waals surface area contributed by atoms with Crippen molar-refractivity contribution in [2.75, 3.05) is 6.61 Å². The molecule has 0 spiro atoms. The van der Waals surface area contributed by atoms with Gasteiger partial charge in [-0.25, -0.2) is 0 Å². The molecule has 1 aliphatic carbocycles. The Bertz CT molecular complexity index is 626. The SMILES string of the molecule is O=C(CCc1ccccc1)NC1(CO)Cc2ccccc2C1. The second kappa shape index (κ2) is 6.32. The highest BCUT2D eigenvalue weighted by molar-refractivity contribution is 5.77. The van der Waals surface area contributed by atoms with Crippen molar-refractivity contribution >= 4 is 5.91 Å². The number of aliphatic hydroxyl groups excluding tert-OH is 1. The molecule has 0 saturated carbocycles. The third-order valence-electron chi connectivity index (χ3n) is 4.37. The molecule has 3 heteroatoms. The van der Waals surface area contributed by atoms with Gasteiger partial charge in [-0.3, -0.25) is 4.79 Å². The average Bonchev–Trinajstić information content (AvgIpc) is 2.92. The van der Waals surface area contributed by atoms with Gasteiger partial charge >= 0.3 is 0 Å². The molecule has 1 amide bonds. The maximum atomic E-state index is 12.3. The maximum Gasteiger partial charge on any atom is 0.220 e. The van der Waals surface area contributed by atoms with Gasteiger partial charge in [-0.05, 0) is 36.0 Å². The van der Waals surface area contributed by atoms with Gasteiger partial charge in [0.15, 0.2) is 0 Å². The Balaban J connectivity index is 1.61. The summed E-state index contributed by atoms with van der Waals surface area (Å²) < 4.78 is 0. The number of aryl methyl sites for hydroxylation is 1. The fraction of sp³-hybridized carbons (Fsp3) is 0.316. The molecule has 0 fully saturated rings. The fourth-order valence-corrected chi connectivity index (χ4v) is 3.19. The number of amides is 1. The van der Waals surface area contributed by atoms with Gasteiger partial charge in [0.1, 0.15) is 0 Å². The van der Waals surface area contributed by atoms with Crippen LogP contribution in [0.5, 0.6) is 0 Å². The van der Waals surface area contributed by atoms with Crippen molar-refractivity contribution in [1.29, 1.82) is 0 Å². The first-order valence-corrected chi connectivity index (χ1v) is 7.73. The van der Waals surface area contributed by atoms with Crippen LogP contribution < -0.4 is 5.32 Å². The number of hydrogen-bond donors (Lipinski definition) is 2. The summed E-state index contributed by atoms with van der Waals surface area (Å²) in [5.41, 5.74) is 3.07. The van der Waals surface area contributed by atoms with E-state index in [0.29, 0.717) is 19.3 Å². The van der Waals surface area contributed by atoms with Gasteiger partial charge in [0.2, 0.25) is 5.91 Å². The molecule has 1 aliphatic rings. The van der Waals surface area contributed by atoms with Gasteiger partial charge in [-0.1, -0.05) is 54.6 Å². The number of aliphatic hydroxyl groups is 1. The summed E-state index contributed by atoms with van der Waals surface area (Å²) in [4.78, 5) is 12.3. The number of carbonyl (C=O) groups is 1. The molecule has 0 saturated heterocycles. The van der Waals surface area contributed by atoms with Crippen LogP contribution in [0.1, 0.15) is 23.1 Å². The van der Waals surface area contributed by atoms with Crippen LogP contribution in [0.2, 0.25) is 0 Å². The van der Waals surface area contributed by atoms with E-state index < -0.39 is 5.54 Å². The third kappa shape index (κ3) is 3.20.